The lowest BCUT2D eigenvalue weighted by Crippen LogP contribution is -2.11. The van der Waals surface area contributed by atoms with Crippen LogP contribution in [0.1, 0.15) is 43.6 Å². The van der Waals surface area contributed by atoms with Crippen LogP contribution in [0.15, 0.2) is 60.7 Å². The zero-order chi connectivity index (χ0) is 18.4. The van der Waals surface area contributed by atoms with Gasteiger partial charge in [0.15, 0.2) is 0 Å². The Morgan fingerprint density at radius 2 is 1.42 bits per heavy atom. The summed E-state index contributed by atoms with van der Waals surface area (Å²) < 4.78 is 0. The third-order valence-corrected chi connectivity index (χ3v) is 2.64. The lowest BCUT2D eigenvalue weighted by Gasteiger charge is -2.05. The number of carboxylic acids is 1. The minimum absolute atomic E-state index is 0.0639. The van der Waals surface area contributed by atoms with Gasteiger partial charge in [0, 0.05) is 6.08 Å². The summed E-state index contributed by atoms with van der Waals surface area (Å²) in [4.78, 5) is 22.8. The second-order valence-corrected chi connectivity index (χ2v) is 4.08. The molecule has 0 aliphatic carbocycles. The van der Waals surface area contributed by atoms with Crippen LogP contribution in [-0.4, -0.2) is 17.0 Å². The highest BCUT2D eigenvalue weighted by atomic mass is 16.4. The molecule has 0 saturated carbocycles. The monoisotopic (exact) mass is 327 g/mol. The Morgan fingerprint density at radius 3 is 2.00 bits per heavy atom. The molecule has 2 aromatic rings. The van der Waals surface area contributed by atoms with Gasteiger partial charge >= 0.3 is 5.97 Å². The van der Waals surface area contributed by atoms with E-state index in [1.165, 1.54) is 12.1 Å². The van der Waals surface area contributed by atoms with Crippen LogP contribution >= 0.6 is 0 Å². The Labute approximate surface area is 143 Å². The van der Waals surface area contributed by atoms with Gasteiger partial charge < -0.3 is 10.4 Å². The molecule has 0 aliphatic rings. The molecule has 0 aromatic heterocycles. The van der Waals surface area contributed by atoms with Gasteiger partial charge in [0.25, 0.3) is 0 Å². The van der Waals surface area contributed by atoms with E-state index in [0.29, 0.717) is 0 Å². The molecular weight excluding hydrogens is 302 g/mol. The fourth-order valence-corrected chi connectivity index (χ4v) is 1.69. The van der Waals surface area contributed by atoms with Crippen LogP contribution in [-0.2, 0) is 4.79 Å². The number of para-hydroxylation sites is 1. The number of benzene rings is 2. The second-order valence-electron chi connectivity index (χ2n) is 4.08. The zero-order valence-corrected chi connectivity index (χ0v) is 14.6. The molecule has 4 nitrogen and oxygen atoms in total. The average Bonchev–Trinajstić information content (AvgIpc) is 2.64. The second kappa shape index (κ2) is 12.6. The lowest BCUT2D eigenvalue weighted by molar-refractivity contribution is -0.111. The zero-order valence-electron chi connectivity index (χ0n) is 14.6. The highest BCUT2D eigenvalue weighted by Gasteiger charge is 2.09. The molecule has 4 heteroatoms. The van der Waals surface area contributed by atoms with E-state index in [-0.39, 0.29) is 17.2 Å². The number of carbonyl (C=O) groups is 2. The fourth-order valence-electron chi connectivity index (χ4n) is 1.69. The summed E-state index contributed by atoms with van der Waals surface area (Å²) in [6.45, 7) is 8.00. The van der Waals surface area contributed by atoms with E-state index in [1.54, 1.807) is 24.3 Å². The summed E-state index contributed by atoms with van der Waals surface area (Å²) in [6.07, 6.45) is 3.03. The first-order valence-electron chi connectivity index (χ1n) is 8.03. The quantitative estimate of drug-likeness (QED) is 0.769. The first kappa shape index (κ1) is 21.1. The van der Waals surface area contributed by atoms with Crippen molar-refractivity contribution >= 4 is 23.6 Å². The van der Waals surface area contributed by atoms with Crippen LogP contribution in [0, 0.1) is 0 Å². The van der Waals surface area contributed by atoms with Gasteiger partial charge in [0.05, 0.1) is 11.3 Å². The van der Waals surface area contributed by atoms with E-state index in [4.69, 9.17) is 5.11 Å². The Balaban J connectivity index is 0.00000123. The number of hydrogen-bond acceptors (Lipinski definition) is 2. The number of carbonyl (C=O) groups excluding carboxylic acids is 1. The Bertz CT molecular complexity index is 649. The van der Waals surface area contributed by atoms with Crippen molar-refractivity contribution in [3.05, 3.63) is 71.8 Å². The molecule has 0 radical (unpaired) electrons. The molecule has 0 saturated heterocycles. The normalized spacial score (nSPS) is 9.17. The molecule has 1 amide bonds. The van der Waals surface area contributed by atoms with Crippen LogP contribution < -0.4 is 5.32 Å². The average molecular weight is 327 g/mol. The van der Waals surface area contributed by atoms with Crippen LogP contribution in [0.2, 0.25) is 0 Å². The molecule has 0 atom stereocenters. The van der Waals surface area contributed by atoms with Crippen molar-refractivity contribution in [3.8, 4) is 0 Å². The minimum atomic E-state index is -1.08. The highest BCUT2D eigenvalue weighted by Crippen LogP contribution is 2.14. The first-order chi connectivity index (χ1) is 11.7. The van der Waals surface area contributed by atoms with Gasteiger partial charge in [-0.05, 0) is 23.8 Å². The molecular formula is C20H25NO3. The van der Waals surface area contributed by atoms with Gasteiger partial charge in [-0.3, -0.25) is 4.79 Å². The van der Waals surface area contributed by atoms with E-state index in [2.05, 4.69) is 5.32 Å². The highest BCUT2D eigenvalue weighted by molar-refractivity contribution is 6.06. The van der Waals surface area contributed by atoms with Crippen LogP contribution in [0.3, 0.4) is 0 Å². The van der Waals surface area contributed by atoms with E-state index < -0.39 is 5.97 Å². The van der Waals surface area contributed by atoms with E-state index in [0.717, 1.165) is 5.56 Å². The predicted molar refractivity (Wildman–Crippen MR) is 100 cm³/mol. The van der Waals surface area contributed by atoms with Crippen molar-refractivity contribution < 1.29 is 14.7 Å². The summed E-state index contributed by atoms with van der Waals surface area (Å²) in [5.41, 5.74) is 1.24. The molecule has 128 valence electrons. The Hall–Kier alpha value is -2.88. The van der Waals surface area contributed by atoms with Gasteiger partial charge in [-0.1, -0.05) is 70.2 Å². The smallest absolute Gasteiger partial charge is 0.337 e. The van der Waals surface area contributed by atoms with Crippen LogP contribution in [0.5, 0.6) is 0 Å². The minimum Gasteiger partial charge on any atom is -0.478 e. The van der Waals surface area contributed by atoms with Crippen molar-refractivity contribution in [2.75, 3.05) is 5.32 Å². The molecule has 2 N–H and O–H groups in total. The largest absolute Gasteiger partial charge is 0.478 e. The lowest BCUT2D eigenvalue weighted by atomic mass is 10.1. The first-order valence-corrected chi connectivity index (χ1v) is 8.03. The molecule has 0 aliphatic heterocycles. The third-order valence-electron chi connectivity index (χ3n) is 2.64. The van der Waals surface area contributed by atoms with Crippen molar-refractivity contribution in [2.45, 2.75) is 27.7 Å². The van der Waals surface area contributed by atoms with Crippen molar-refractivity contribution in [1.82, 2.24) is 0 Å². The third kappa shape index (κ3) is 7.40. The summed E-state index contributed by atoms with van der Waals surface area (Å²) in [6, 6.07) is 15.7. The number of nitrogens with one attached hydrogen (secondary N) is 1. The standard InChI is InChI=1S/C16H13NO3.2C2H6/c18-15(11-10-12-6-2-1-3-7-12)17-14-9-5-4-8-13(14)16(19)20;2*1-2/h1-11H,(H,17,18)(H,19,20);2*1-2H3/b11-10+;;. The Morgan fingerprint density at radius 1 is 0.875 bits per heavy atom. The van der Waals surface area contributed by atoms with Gasteiger partial charge in [0.1, 0.15) is 0 Å². The molecule has 0 heterocycles. The molecule has 0 spiro atoms. The molecule has 0 bridgehead atoms. The number of hydrogen-bond donors (Lipinski definition) is 2. The van der Waals surface area contributed by atoms with Gasteiger partial charge in [-0.25, -0.2) is 4.79 Å². The molecule has 0 unspecified atom stereocenters. The number of anilines is 1. The SMILES string of the molecule is CC.CC.O=C(/C=C/c1ccccc1)Nc1ccccc1C(=O)O. The maximum absolute atomic E-state index is 11.8. The predicted octanol–water partition coefficient (Wildman–Crippen LogP) is 5.09. The van der Waals surface area contributed by atoms with Crippen molar-refractivity contribution in [1.29, 1.82) is 0 Å². The van der Waals surface area contributed by atoms with E-state index in [1.807, 2.05) is 58.0 Å². The van der Waals surface area contributed by atoms with Gasteiger partial charge in [-0.2, -0.15) is 0 Å². The fraction of sp³-hybridized carbons (Fsp3) is 0.200. The van der Waals surface area contributed by atoms with Crippen LogP contribution in [0.4, 0.5) is 5.69 Å². The summed E-state index contributed by atoms with van der Waals surface area (Å²) >= 11 is 0. The number of rotatable bonds is 4. The van der Waals surface area contributed by atoms with Crippen molar-refractivity contribution in [3.63, 3.8) is 0 Å². The van der Waals surface area contributed by atoms with E-state index >= 15 is 0 Å². The number of amides is 1. The summed E-state index contributed by atoms with van der Waals surface area (Å²) in [7, 11) is 0. The summed E-state index contributed by atoms with van der Waals surface area (Å²) in [5, 5.41) is 11.6. The molecule has 2 aromatic carbocycles. The maximum Gasteiger partial charge on any atom is 0.337 e. The Kier molecular flexibility index (Phi) is 11.1. The topological polar surface area (TPSA) is 66.4 Å². The van der Waals surface area contributed by atoms with E-state index in [9.17, 15) is 9.59 Å². The maximum atomic E-state index is 11.8. The van der Waals surface area contributed by atoms with Crippen LogP contribution in [0.25, 0.3) is 6.08 Å². The number of carboxylic acid groups (broad SMARTS) is 1. The van der Waals surface area contributed by atoms with Gasteiger partial charge in [0.2, 0.25) is 5.91 Å². The molecule has 0 fully saturated rings. The molecule has 2 rings (SSSR count). The number of aromatic carboxylic acids is 1. The van der Waals surface area contributed by atoms with Crippen molar-refractivity contribution in [2.24, 2.45) is 0 Å². The van der Waals surface area contributed by atoms with Gasteiger partial charge in [-0.15, -0.1) is 0 Å². The molecule has 24 heavy (non-hydrogen) atoms. The summed E-state index contributed by atoms with van der Waals surface area (Å²) in [5.74, 6) is -1.45.